The molecule has 0 spiro atoms. The van der Waals surface area contributed by atoms with Gasteiger partial charge in [0, 0.05) is 19.3 Å². The molecule has 0 aromatic heterocycles. The lowest BCUT2D eigenvalue weighted by Crippen LogP contribution is -2.27. The Morgan fingerprint density at radius 2 is 2.12 bits per heavy atom. The van der Waals surface area contributed by atoms with Gasteiger partial charge in [0.05, 0.1) is 11.6 Å². The number of nitriles is 1. The fraction of sp³-hybridized carbons (Fsp3) is 0.462. The monoisotopic (exact) mass is 216 g/mol. The van der Waals surface area contributed by atoms with Crippen LogP contribution >= 0.6 is 0 Å². The van der Waals surface area contributed by atoms with Crippen molar-refractivity contribution < 1.29 is 4.74 Å². The second kappa shape index (κ2) is 5.11. The van der Waals surface area contributed by atoms with Crippen LogP contribution in [0.3, 0.4) is 0 Å². The molecule has 0 bridgehead atoms. The second-order valence-electron chi connectivity index (χ2n) is 4.21. The van der Waals surface area contributed by atoms with E-state index in [1.807, 2.05) is 18.2 Å². The predicted molar refractivity (Wildman–Crippen MR) is 61.6 cm³/mol. The molecule has 1 aromatic rings. The number of benzene rings is 1. The van der Waals surface area contributed by atoms with Crippen LogP contribution in [0.15, 0.2) is 24.3 Å². The average molecular weight is 216 g/mol. The first-order chi connectivity index (χ1) is 7.81. The molecule has 84 valence electrons. The molecule has 1 heterocycles. The lowest BCUT2D eigenvalue weighted by molar-refractivity contribution is 0.0584. The van der Waals surface area contributed by atoms with Crippen LogP contribution in [0.2, 0.25) is 0 Å². The third-order valence-corrected chi connectivity index (χ3v) is 3.17. The van der Waals surface area contributed by atoms with Crippen molar-refractivity contribution in [3.05, 3.63) is 35.4 Å². The van der Waals surface area contributed by atoms with E-state index < -0.39 is 0 Å². The molecule has 0 radical (unpaired) electrons. The zero-order valence-corrected chi connectivity index (χ0v) is 9.23. The van der Waals surface area contributed by atoms with Crippen LogP contribution in [0.4, 0.5) is 0 Å². The summed E-state index contributed by atoms with van der Waals surface area (Å²) in [7, 11) is 0. The van der Waals surface area contributed by atoms with E-state index in [1.54, 1.807) is 6.07 Å². The number of rotatable bonds is 2. The summed E-state index contributed by atoms with van der Waals surface area (Å²) in [6, 6.07) is 9.76. The molecular formula is C13H16N2O. The lowest BCUT2D eigenvalue weighted by atomic mass is 9.87. The van der Waals surface area contributed by atoms with E-state index in [0.717, 1.165) is 31.6 Å². The zero-order chi connectivity index (χ0) is 11.4. The molecule has 0 unspecified atom stereocenters. The SMILES string of the molecule is N#Cc1cccc([C@H](N)C2CCOCC2)c1. The number of hydrogen-bond acceptors (Lipinski definition) is 3. The van der Waals surface area contributed by atoms with E-state index in [0.29, 0.717) is 11.5 Å². The van der Waals surface area contributed by atoms with Crippen molar-refractivity contribution >= 4 is 0 Å². The minimum Gasteiger partial charge on any atom is -0.381 e. The van der Waals surface area contributed by atoms with Gasteiger partial charge >= 0.3 is 0 Å². The molecule has 0 saturated carbocycles. The van der Waals surface area contributed by atoms with E-state index in [-0.39, 0.29) is 6.04 Å². The number of hydrogen-bond donors (Lipinski definition) is 1. The van der Waals surface area contributed by atoms with Crippen molar-refractivity contribution in [3.8, 4) is 6.07 Å². The van der Waals surface area contributed by atoms with Crippen LogP contribution < -0.4 is 5.73 Å². The first-order valence-corrected chi connectivity index (χ1v) is 5.64. The second-order valence-corrected chi connectivity index (χ2v) is 4.21. The molecule has 1 aliphatic heterocycles. The Hall–Kier alpha value is -1.37. The van der Waals surface area contributed by atoms with Crippen molar-refractivity contribution in [2.75, 3.05) is 13.2 Å². The summed E-state index contributed by atoms with van der Waals surface area (Å²) in [6.45, 7) is 1.60. The first-order valence-electron chi connectivity index (χ1n) is 5.64. The average Bonchev–Trinajstić information content (AvgIpc) is 2.39. The summed E-state index contributed by atoms with van der Waals surface area (Å²) in [5.41, 5.74) is 7.97. The van der Waals surface area contributed by atoms with Gasteiger partial charge < -0.3 is 10.5 Å². The summed E-state index contributed by atoms with van der Waals surface area (Å²) in [5, 5.41) is 8.84. The van der Waals surface area contributed by atoms with Gasteiger partial charge in [-0.05, 0) is 36.5 Å². The summed E-state index contributed by atoms with van der Waals surface area (Å²) in [6.07, 6.45) is 2.02. The molecular weight excluding hydrogens is 200 g/mol. The molecule has 3 nitrogen and oxygen atoms in total. The molecule has 2 N–H and O–H groups in total. The third kappa shape index (κ3) is 2.41. The number of nitrogens with zero attached hydrogens (tertiary/aromatic N) is 1. The van der Waals surface area contributed by atoms with E-state index in [4.69, 9.17) is 15.7 Å². The van der Waals surface area contributed by atoms with Gasteiger partial charge in [-0.1, -0.05) is 12.1 Å². The summed E-state index contributed by atoms with van der Waals surface area (Å²) < 4.78 is 5.32. The van der Waals surface area contributed by atoms with Crippen molar-refractivity contribution in [1.29, 1.82) is 5.26 Å². The lowest BCUT2D eigenvalue weighted by Gasteiger charge is -2.27. The van der Waals surface area contributed by atoms with E-state index in [1.165, 1.54) is 0 Å². The summed E-state index contributed by atoms with van der Waals surface area (Å²) >= 11 is 0. The van der Waals surface area contributed by atoms with Crippen LogP contribution in [0.1, 0.15) is 30.0 Å². The maximum atomic E-state index is 8.84. The maximum absolute atomic E-state index is 8.84. The van der Waals surface area contributed by atoms with Gasteiger partial charge in [-0.15, -0.1) is 0 Å². The summed E-state index contributed by atoms with van der Waals surface area (Å²) in [5.74, 6) is 0.475. The highest BCUT2D eigenvalue weighted by atomic mass is 16.5. The minimum absolute atomic E-state index is 0.0252. The Bertz CT molecular complexity index is 391. The fourth-order valence-corrected chi connectivity index (χ4v) is 2.16. The minimum atomic E-state index is 0.0252. The molecule has 2 rings (SSSR count). The largest absolute Gasteiger partial charge is 0.381 e. The Labute approximate surface area is 95.8 Å². The van der Waals surface area contributed by atoms with Crippen LogP contribution in [0.5, 0.6) is 0 Å². The first kappa shape index (κ1) is 11.1. The highest BCUT2D eigenvalue weighted by molar-refractivity contribution is 5.34. The molecule has 0 aliphatic carbocycles. The number of ether oxygens (including phenoxy) is 1. The number of nitrogens with two attached hydrogens (primary N) is 1. The molecule has 1 fully saturated rings. The van der Waals surface area contributed by atoms with E-state index >= 15 is 0 Å². The Morgan fingerprint density at radius 1 is 1.38 bits per heavy atom. The Kier molecular flexibility index (Phi) is 3.55. The van der Waals surface area contributed by atoms with Gasteiger partial charge in [0.15, 0.2) is 0 Å². The summed E-state index contributed by atoms with van der Waals surface area (Å²) in [4.78, 5) is 0. The molecule has 0 amide bonds. The highest BCUT2D eigenvalue weighted by Gasteiger charge is 2.22. The molecule has 1 aromatic carbocycles. The standard InChI is InChI=1S/C13H16N2O/c14-9-10-2-1-3-12(8-10)13(15)11-4-6-16-7-5-11/h1-3,8,11,13H,4-7,15H2/t13-/m1/s1. The van der Waals surface area contributed by atoms with Crippen molar-refractivity contribution in [2.45, 2.75) is 18.9 Å². The van der Waals surface area contributed by atoms with Crippen LogP contribution in [0.25, 0.3) is 0 Å². The van der Waals surface area contributed by atoms with Crippen LogP contribution in [-0.2, 0) is 4.74 Å². The highest BCUT2D eigenvalue weighted by Crippen LogP contribution is 2.28. The predicted octanol–water partition coefficient (Wildman–Crippen LogP) is 1.98. The molecule has 1 aliphatic rings. The molecule has 1 atom stereocenters. The smallest absolute Gasteiger partial charge is 0.0991 e. The topological polar surface area (TPSA) is 59.0 Å². The van der Waals surface area contributed by atoms with Crippen molar-refractivity contribution in [2.24, 2.45) is 11.7 Å². The van der Waals surface area contributed by atoms with Gasteiger partial charge in [0.25, 0.3) is 0 Å². The Morgan fingerprint density at radius 3 is 2.81 bits per heavy atom. The van der Waals surface area contributed by atoms with Gasteiger partial charge in [-0.2, -0.15) is 5.26 Å². The van der Waals surface area contributed by atoms with E-state index in [9.17, 15) is 0 Å². The Balaban J connectivity index is 2.13. The van der Waals surface area contributed by atoms with E-state index in [2.05, 4.69) is 6.07 Å². The van der Waals surface area contributed by atoms with Crippen LogP contribution in [-0.4, -0.2) is 13.2 Å². The molecule has 1 saturated heterocycles. The maximum Gasteiger partial charge on any atom is 0.0991 e. The molecule has 3 heteroatoms. The van der Waals surface area contributed by atoms with Gasteiger partial charge in [0.2, 0.25) is 0 Å². The normalized spacial score (nSPS) is 19.0. The fourth-order valence-electron chi connectivity index (χ4n) is 2.16. The van der Waals surface area contributed by atoms with Gasteiger partial charge in [-0.25, -0.2) is 0 Å². The van der Waals surface area contributed by atoms with Crippen molar-refractivity contribution in [1.82, 2.24) is 0 Å². The third-order valence-electron chi connectivity index (χ3n) is 3.17. The van der Waals surface area contributed by atoms with Crippen molar-refractivity contribution in [3.63, 3.8) is 0 Å². The van der Waals surface area contributed by atoms with Gasteiger partial charge in [0.1, 0.15) is 0 Å². The quantitative estimate of drug-likeness (QED) is 0.822. The van der Waals surface area contributed by atoms with Crippen LogP contribution in [0, 0.1) is 17.2 Å². The van der Waals surface area contributed by atoms with Gasteiger partial charge in [-0.3, -0.25) is 0 Å². The molecule has 16 heavy (non-hydrogen) atoms. The zero-order valence-electron chi connectivity index (χ0n) is 9.23.